The van der Waals surface area contributed by atoms with Crippen LogP contribution < -0.4 is 9.47 Å². The number of halogens is 3. The van der Waals surface area contributed by atoms with Gasteiger partial charge in [-0.05, 0) is 36.2 Å². The molecule has 0 spiro atoms. The summed E-state index contributed by atoms with van der Waals surface area (Å²) in [6.07, 6.45) is -4.70. The highest BCUT2D eigenvalue weighted by molar-refractivity contribution is 5.39. The Morgan fingerprint density at radius 3 is 2.36 bits per heavy atom. The molecule has 2 rings (SSSR count). The van der Waals surface area contributed by atoms with Crippen molar-refractivity contribution in [2.45, 2.75) is 19.9 Å². The Morgan fingerprint density at radius 1 is 1.00 bits per heavy atom. The molecule has 0 aliphatic carbocycles. The highest BCUT2D eigenvalue weighted by Crippen LogP contribution is 2.27. The molecule has 2 aromatic carbocycles. The van der Waals surface area contributed by atoms with Crippen molar-refractivity contribution in [3.05, 3.63) is 59.7 Å². The molecule has 0 saturated heterocycles. The molecule has 118 valence electrons. The molecule has 0 aliphatic heterocycles. The second-order valence-electron chi connectivity index (χ2n) is 4.57. The van der Waals surface area contributed by atoms with Gasteiger partial charge in [0.1, 0.15) is 11.5 Å². The number of ether oxygens (including phenoxy) is 3. The third kappa shape index (κ3) is 5.29. The molecule has 0 fully saturated rings. The van der Waals surface area contributed by atoms with Gasteiger partial charge in [0.05, 0.1) is 6.61 Å². The molecule has 6 heteroatoms. The molecule has 0 unspecified atom stereocenters. The second kappa shape index (κ2) is 7.17. The fraction of sp³-hybridized carbons (Fsp3) is 0.250. The Balaban J connectivity index is 1.83. The summed E-state index contributed by atoms with van der Waals surface area (Å²) in [6, 6.07) is 13.5. The van der Waals surface area contributed by atoms with E-state index in [1.54, 1.807) is 6.92 Å². The molecule has 0 aliphatic rings. The number of rotatable bonds is 6. The predicted octanol–water partition coefficient (Wildman–Crippen LogP) is 4.45. The zero-order valence-corrected chi connectivity index (χ0v) is 11.9. The summed E-state index contributed by atoms with van der Waals surface area (Å²) >= 11 is 0. The fourth-order valence-electron chi connectivity index (χ4n) is 1.82. The van der Waals surface area contributed by atoms with Gasteiger partial charge in [0, 0.05) is 0 Å². The largest absolute Gasteiger partial charge is 0.573 e. The lowest BCUT2D eigenvalue weighted by Crippen LogP contribution is -2.17. The normalized spacial score (nSPS) is 11.3. The van der Waals surface area contributed by atoms with Crippen LogP contribution in [0.5, 0.6) is 11.5 Å². The van der Waals surface area contributed by atoms with Crippen molar-refractivity contribution < 1.29 is 27.4 Å². The van der Waals surface area contributed by atoms with Gasteiger partial charge in [-0.2, -0.15) is 0 Å². The van der Waals surface area contributed by atoms with Gasteiger partial charge in [0.25, 0.3) is 0 Å². The van der Waals surface area contributed by atoms with Gasteiger partial charge in [-0.15, -0.1) is 13.2 Å². The van der Waals surface area contributed by atoms with Crippen LogP contribution in [-0.4, -0.2) is 13.2 Å². The zero-order valence-electron chi connectivity index (χ0n) is 11.9. The van der Waals surface area contributed by atoms with Gasteiger partial charge in [0.15, 0.2) is 6.79 Å². The zero-order chi connectivity index (χ0) is 16.0. The summed E-state index contributed by atoms with van der Waals surface area (Å²) in [6.45, 7) is 2.04. The maximum absolute atomic E-state index is 12.1. The monoisotopic (exact) mass is 312 g/mol. The van der Waals surface area contributed by atoms with Crippen LogP contribution in [0.2, 0.25) is 0 Å². The van der Waals surface area contributed by atoms with Crippen LogP contribution in [0.15, 0.2) is 48.5 Å². The van der Waals surface area contributed by atoms with E-state index >= 15 is 0 Å². The van der Waals surface area contributed by atoms with Gasteiger partial charge in [-0.3, -0.25) is 0 Å². The fourth-order valence-corrected chi connectivity index (χ4v) is 1.82. The summed E-state index contributed by atoms with van der Waals surface area (Å²) in [5.41, 5.74) is 1.54. The SMILES string of the molecule is Cc1cc(OC(F)(F)F)ccc1OCOCc1ccccc1. The lowest BCUT2D eigenvalue weighted by atomic mass is 10.2. The Kier molecular flexibility index (Phi) is 5.27. The van der Waals surface area contributed by atoms with E-state index in [2.05, 4.69) is 4.74 Å². The molecular formula is C16H15F3O3. The van der Waals surface area contributed by atoms with Crippen molar-refractivity contribution in [1.82, 2.24) is 0 Å². The smallest absolute Gasteiger partial charge is 0.467 e. The molecule has 3 nitrogen and oxygen atoms in total. The Morgan fingerprint density at radius 2 is 1.73 bits per heavy atom. The summed E-state index contributed by atoms with van der Waals surface area (Å²) < 4.78 is 50.9. The molecule has 0 bridgehead atoms. The van der Waals surface area contributed by atoms with Crippen LogP contribution in [0.25, 0.3) is 0 Å². The molecule has 0 amide bonds. The van der Waals surface area contributed by atoms with Crippen molar-refractivity contribution in [2.75, 3.05) is 6.79 Å². The molecular weight excluding hydrogens is 297 g/mol. The van der Waals surface area contributed by atoms with Crippen molar-refractivity contribution >= 4 is 0 Å². The highest BCUT2D eigenvalue weighted by atomic mass is 19.4. The summed E-state index contributed by atoms with van der Waals surface area (Å²) in [7, 11) is 0. The summed E-state index contributed by atoms with van der Waals surface area (Å²) in [5.74, 6) is 0.171. The van der Waals surface area contributed by atoms with Crippen molar-refractivity contribution in [3.63, 3.8) is 0 Å². The Labute approximate surface area is 126 Å². The molecule has 0 aromatic heterocycles. The minimum atomic E-state index is -4.70. The summed E-state index contributed by atoms with van der Waals surface area (Å²) in [4.78, 5) is 0. The average molecular weight is 312 g/mol. The lowest BCUT2D eigenvalue weighted by Gasteiger charge is -2.13. The van der Waals surface area contributed by atoms with Crippen LogP contribution in [-0.2, 0) is 11.3 Å². The number of benzene rings is 2. The van der Waals surface area contributed by atoms with E-state index in [1.807, 2.05) is 30.3 Å². The molecule has 0 heterocycles. The van der Waals surface area contributed by atoms with E-state index in [-0.39, 0.29) is 12.5 Å². The van der Waals surface area contributed by atoms with Crippen molar-refractivity contribution in [1.29, 1.82) is 0 Å². The van der Waals surface area contributed by atoms with E-state index in [9.17, 15) is 13.2 Å². The van der Waals surface area contributed by atoms with E-state index in [0.717, 1.165) is 5.56 Å². The topological polar surface area (TPSA) is 27.7 Å². The minimum absolute atomic E-state index is 0.00914. The van der Waals surface area contributed by atoms with Crippen LogP contribution >= 0.6 is 0 Å². The van der Waals surface area contributed by atoms with Gasteiger partial charge in [-0.25, -0.2) is 0 Å². The highest BCUT2D eigenvalue weighted by Gasteiger charge is 2.31. The number of hydrogen-bond donors (Lipinski definition) is 0. The molecule has 0 N–H and O–H groups in total. The first kappa shape index (κ1) is 16.2. The maximum atomic E-state index is 12.1. The van der Waals surface area contributed by atoms with Gasteiger partial charge in [-0.1, -0.05) is 30.3 Å². The molecule has 0 radical (unpaired) electrons. The number of alkyl halides is 3. The predicted molar refractivity (Wildman–Crippen MR) is 74.6 cm³/mol. The van der Waals surface area contributed by atoms with Gasteiger partial charge < -0.3 is 14.2 Å². The number of hydrogen-bond acceptors (Lipinski definition) is 3. The third-order valence-corrected chi connectivity index (χ3v) is 2.79. The quantitative estimate of drug-likeness (QED) is 0.583. The first-order valence-corrected chi connectivity index (χ1v) is 6.55. The first-order chi connectivity index (χ1) is 10.4. The number of aryl methyl sites for hydroxylation is 1. The third-order valence-electron chi connectivity index (χ3n) is 2.79. The lowest BCUT2D eigenvalue weighted by molar-refractivity contribution is -0.274. The molecule has 22 heavy (non-hydrogen) atoms. The molecule has 0 atom stereocenters. The van der Waals surface area contributed by atoms with Crippen molar-refractivity contribution in [3.8, 4) is 11.5 Å². The second-order valence-corrected chi connectivity index (χ2v) is 4.57. The molecule has 2 aromatic rings. The molecule has 0 saturated carbocycles. The van der Waals surface area contributed by atoms with Crippen LogP contribution in [0.1, 0.15) is 11.1 Å². The van der Waals surface area contributed by atoms with Gasteiger partial charge in [0.2, 0.25) is 0 Å². The van der Waals surface area contributed by atoms with E-state index < -0.39 is 6.36 Å². The van der Waals surface area contributed by atoms with E-state index in [1.165, 1.54) is 18.2 Å². The maximum Gasteiger partial charge on any atom is 0.573 e. The Hall–Kier alpha value is -2.21. The van der Waals surface area contributed by atoms with E-state index in [4.69, 9.17) is 9.47 Å². The van der Waals surface area contributed by atoms with Crippen molar-refractivity contribution in [2.24, 2.45) is 0 Å². The van der Waals surface area contributed by atoms with E-state index in [0.29, 0.717) is 17.9 Å². The minimum Gasteiger partial charge on any atom is -0.467 e. The first-order valence-electron chi connectivity index (χ1n) is 6.55. The van der Waals surface area contributed by atoms with Crippen LogP contribution in [0.4, 0.5) is 13.2 Å². The summed E-state index contributed by atoms with van der Waals surface area (Å²) in [5, 5.41) is 0. The van der Waals surface area contributed by atoms with Crippen LogP contribution in [0.3, 0.4) is 0 Å². The average Bonchev–Trinajstić information content (AvgIpc) is 2.45. The Bertz CT molecular complexity index is 597. The van der Waals surface area contributed by atoms with Gasteiger partial charge >= 0.3 is 6.36 Å². The standard InChI is InChI=1S/C16H15F3O3/c1-12-9-14(22-16(17,18)19)7-8-15(12)21-11-20-10-13-5-3-2-4-6-13/h2-9H,10-11H2,1H3. The van der Waals surface area contributed by atoms with Crippen LogP contribution in [0, 0.1) is 6.92 Å².